The number of halogens is 1. The number of sulfone groups is 1. The van der Waals surface area contributed by atoms with Gasteiger partial charge in [-0.2, -0.15) is 5.10 Å². The van der Waals surface area contributed by atoms with E-state index in [9.17, 15) is 18.0 Å². The number of hydrogen-bond acceptors (Lipinski definition) is 6. The number of aryl methyl sites for hydroxylation is 2. The molecule has 9 heteroatoms. The number of carbonyl (C=O) groups is 2. The van der Waals surface area contributed by atoms with Gasteiger partial charge in [-0.1, -0.05) is 48.9 Å². The van der Waals surface area contributed by atoms with Crippen molar-refractivity contribution >= 4 is 33.0 Å². The van der Waals surface area contributed by atoms with E-state index in [0.717, 1.165) is 12.7 Å². The molecule has 0 unspecified atom stereocenters. The molecule has 0 amide bonds. The molecule has 0 aliphatic heterocycles. The summed E-state index contributed by atoms with van der Waals surface area (Å²) in [5.74, 6) is -0.527. The molecule has 0 saturated heterocycles. The van der Waals surface area contributed by atoms with Gasteiger partial charge in [-0.3, -0.25) is 9.59 Å². The molecule has 1 aromatic heterocycles. The molecule has 0 aliphatic carbocycles. The molecule has 0 spiro atoms. The summed E-state index contributed by atoms with van der Waals surface area (Å²) in [6.45, 7) is 5.36. The summed E-state index contributed by atoms with van der Waals surface area (Å²) >= 11 is 6.44. The predicted octanol–water partition coefficient (Wildman–Crippen LogP) is 4.46. The van der Waals surface area contributed by atoms with Crippen LogP contribution in [-0.2, 0) is 16.4 Å². The summed E-state index contributed by atoms with van der Waals surface area (Å²) in [6.07, 6.45) is 3.22. The fraction of sp³-hybridized carbons (Fsp3) is 0.292. The molecule has 3 rings (SSSR count). The van der Waals surface area contributed by atoms with Crippen molar-refractivity contribution < 1.29 is 22.7 Å². The van der Waals surface area contributed by atoms with E-state index >= 15 is 0 Å². The summed E-state index contributed by atoms with van der Waals surface area (Å²) in [6, 6.07) is 10.2. The molecule has 0 N–H and O–H groups in total. The number of aromatic nitrogens is 2. The van der Waals surface area contributed by atoms with Crippen molar-refractivity contribution in [3.63, 3.8) is 0 Å². The average molecular weight is 489 g/mol. The molecule has 3 aromatic rings. The Labute approximate surface area is 198 Å². The third-order valence-electron chi connectivity index (χ3n) is 5.15. The van der Waals surface area contributed by atoms with E-state index in [2.05, 4.69) is 5.10 Å². The zero-order valence-corrected chi connectivity index (χ0v) is 20.5. The maximum absolute atomic E-state index is 13.4. The number of ketones is 2. The molecule has 0 radical (unpaired) electrons. The monoisotopic (exact) mass is 488 g/mol. The van der Waals surface area contributed by atoms with Crippen LogP contribution in [0.25, 0.3) is 0 Å². The molecule has 0 saturated carbocycles. The predicted molar refractivity (Wildman–Crippen MR) is 126 cm³/mol. The van der Waals surface area contributed by atoms with E-state index in [0.29, 0.717) is 23.2 Å². The van der Waals surface area contributed by atoms with Crippen molar-refractivity contribution in [2.45, 2.75) is 38.6 Å². The van der Waals surface area contributed by atoms with Gasteiger partial charge in [0.15, 0.2) is 22.2 Å². The molecule has 2 aromatic carbocycles. The van der Waals surface area contributed by atoms with Gasteiger partial charge in [0.05, 0.1) is 16.1 Å². The van der Waals surface area contributed by atoms with Gasteiger partial charge in [0.2, 0.25) is 11.7 Å². The number of Topliss-reactive ketones (excluding diaryl/α,β-unsaturated/α-hetero) is 1. The van der Waals surface area contributed by atoms with Crippen LogP contribution in [0.4, 0.5) is 0 Å². The number of ether oxygens (including phenoxy) is 1. The number of rotatable bonds is 9. The molecule has 0 bridgehead atoms. The summed E-state index contributed by atoms with van der Waals surface area (Å²) < 4.78 is 31.6. The molecule has 0 fully saturated rings. The Morgan fingerprint density at radius 2 is 1.79 bits per heavy atom. The molecule has 0 aliphatic rings. The Hall–Kier alpha value is -2.97. The highest BCUT2D eigenvalue weighted by molar-refractivity contribution is 7.90. The van der Waals surface area contributed by atoms with Crippen molar-refractivity contribution in [3.8, 4) is 5.88 Å². The van der Waals surface area contributed by atoms with E-state index in [1.807, 2.05) is 13.0 Å². The highest BCUT2D eigenvalue weighted by Gasteiger charge is 2.27. The maximum Gasteiger partial charge on any atom is 0.223 e. The minimum Gasteiger partial charge on any atom is -0.469 e. The normalized spacial score (nSPS) is 11.4. The van der Waals surface area contributed by atoms with Crippen LogP contribution in [0.2, 0.25) is 5.02 Å². The van der Waals surface area contributed by atoms with Crippen LogP contribution in [0.3, 0.4) is 0 Å². The molecule has 1 heterocycles. The minimum atomic E-state index is -3.52. The summed E-state index contributed by atoms with van der Waals surface area (Å²) in [5, 5.41) is 4.31. The number of carbonyl (C=O) groups excluding carboxylic acids is 2. The van der Waals surface area contributed by atoms with Crippen LogP contribution in [0.1, 0.15) is 50.8 Å². The van der Waals surface area contributed by atoms with Gasteiger partial charge in [-0.05, 0) is 37.5 Å². The van der Waals surface area contributed by atoms with E-state index in [1.54, 1.807) is 38.1 Å². The summed E-state index contributed by atoms with van der Waals surface area (Å²) in [5.41, 5.74) is 1.53. The van der Waals surface area contributed by atoms with Crippen LogP contribution in [-0.4, -0.2) is 42.6 Å². The van der Waals surface area contributed by atoms with E-state index in [1.165, 1.54) is 16.9 Å². The zero-order chi connectivity index (χ0) is 24.3. The first-order valence-corrected chi connectivity index (χ1v) is 12.6. The minimum absolute atomic E-state index is 0.0561. The first kappa shape index (κ1) is 24.7. The van der Waals surface area contributed by atoms with Crippen molar-refractivity contribution in [2.24, 2.45) is 0 Å². The van der Waals surface area contributed by atoms with E-state index in [-0.39, 0.29) is 39.3 Å². The van der Waals surface area contributed by atoms with E-state index in [4.69, 9.17) is 16.3 Å². The zero-order valence-electron chi connectivity index (χ0n) is 18.9. The van der Waals surface area contributed by atoms with Crippen molar-refractivity contribution in [1.82, 2.24) is 9.78 Å². The summed E-state index contributed by atoms with van der Waals surface area (Å²) in [7, 11) is -3.52. The quantitative estimate of drug-likeness (QED) is 0.413. The molecule has 174 valence electrons. The highest BCUT2D eigenvalue weighted by atomic mass is 35.5. The number of nitrogens with zero attached hydrogens (tertiary/aromatic N) is 2. The van der Waals surface area contributed by atoms with Gasteiger partial charge >= 0.3 is 0 Å². The first-order chi connectivity index (χ1) is 15.6. The lowest BCUT2D eigenvalue weighted by Gasteiger charge is -2.14. The topological polar surface area (TPSA) is 95.3 Å². The smallest absolute Gasteiger partial charge is 0.223 e. The molecule has 33 heavy (non-hydrogen) atoms. The second-order valence-electron chi connectivity index (χ2n) is 7.77. The Balaban J connectivity index is 2.00. The lowest BCUT2D eigenvalue weighted by Crippen LogP contribution is -2.16. The maximum atomic E-state index is 13.4. The van der Waals surface area contributed by atoms with Gasteiger partial charge in [-0.15, -0.1) is 0 Å². The van der Waals surface area contributed by atoms with Crippen LogP contribution in [0, 0.1) is 13.8 Å². The lowest BCUT2D eigenvalue weighted by atomic mass is 10.0. The second-order valence-corrected chi connectivity index (χ2v) is 10.1. The van der Waals surface area contributed by atoms with Crippen LogP contribution in [0.15, 0.2) is 47.5 Å². The average Bonchev–Trinajstić information content (AvgIpc) is 3.16. The third kappa shape index (κ3) is 5.17. The largest absolute Gasteiger partial charge is 0.469 e. The van der Waals surface area contributed by atoms with Gasteiger partial charge < -0.3 is 4.74 Å². The Bertz CT molecular complexity index is 1310. The summed E-state index contributed by atoms with van der Waals surface area (Å²) in [4.78, 5) is 26.1. The Morgan fingerprint density at radius 1 is 1.12 bits per heavy atom. The highest BCUT2D eigenvalue weighted by Crippen LogP contribution is 2.33. The lowest BCUT2D eigenvalue weighted by molar-refractivity contribution is 0.0907. The molecule has 7 nitrogen and oxygen atoms in total. The van der Waals surface area contributed by atoms with Gasteiger partial charge in [0, 0.05) is 23.9 Å². The van der Waals surface area contributed by atoms with Crippen molar-refractivity contribution in [2.75, 3.05) is 12.9 Å². The molecule has 0 atom stereocenters. The fourth-order valence-corrected chi connectivity index (χ4v) is 5.31. The second kappa shape index (κ2) is 9.89. The molecular weight excluding hydrogens is 464 g/mol. The van der Waals surface area contributed by atoms with E-state index < -0.39 is 15.6 Å². The number of benzene rings is 2. The van der Waals surface area contributed by atoms with Crippen LogP contribution in [0.5, 0.6) is 5.88 Å². The van der Waals surface area contributed by atoms with Crippen LogP contribution < -0.4 is 4.74 Å². The standard InChI is InChI=1S/C24H25ClN2O5S/c1-5-11-27-24(32-14-20(28)17-9-7-6-8-10-17)19(13-26-27)22(29)18-12-15(2)23(33(4,30)31)16(3)21(18)25/h6-10,12-13H,5,11,14H2,1-4H3. The fourth-order valence-electron chi connectivity index (χ4n) is 3.72. The SMILES string of the molecule is CCCn1ncc(C(=O)c2cc(C)c(S(C)(=O)=O)c(C)c2Cl)c1OCC(=O)c1ccccc1. The third-order valence-corrected chi connectivity index (χ3v) is 7.00. The van der Waals surface area contributed by atoms with Gasteiger partial charge in [0.25, 0.3) is 0 Å². The first-order valence-electron chi connectivity index (χ1n) is 10.4. The Morgan fingerprint density at radius 3 is 2.39 bits per heavy atom. The van der Waals surface area contributed by atoms with Crippen molar-refractivity contribution in [1.29, 1.82) is 0 Å². The van der Waals surface area contributed by atoms with Crippen molar-refractivity contribution in [3.05, 3.63) is 75.4 Å². The van der Waals surface area contributed by atoms with Gasteiger partial charge in [0.1, 0.15) is 5.56 Å². The number of hydrogen-bond donors (Lipinski definition) is 0. The molecular formula is C24H25ClN2O5S. The van der Waals surface area contributed by atoms with Gasteiger partial charge in [-0.25, -0.2) is 13.1 Å². The van der Waals surface area contributed by atoms with Crippen LogP contribution >= 0.6 is 11.6 Å². The Kier molecular flexibility index (Phi) is 7.39.